The van der Waals surface area contributed by atoms with Gasteiger partial charge >= 0.3 is 6.18 Å². The molecule has 0 saturated carbocycles. The quantitative estimate of drug-likeness (QED) is 0.642. The second-order valence-electron chi connectivity index (χ2n) is 2.61. The van der Waals surface area contributed by atoms with E-state index in [1.165, 1.54) is 6.07 Å². The number of halogens is 3. The lowest BCUT2D eigenvalue weighted by Gasteiger charge is -2.13. The van der Waals surface area contributed by atoms with Gasteiger partial charge in [-0.05, 0) is 18.2 Å². The molecule has 0 unspecified atom stereocenters. The highest BCUT2D eigenvalue weighted by Gasteiger charge is 2.31. The Balaban J connectivity index is 2.41. The van der Waals surface area contributed by atoms with Gasteiger partial charge < -0.3 is 9.47 Å². The molecule has 2 rings (SSSR count). The zero-order valence-corrected chi connectivity index (χ0v) is 6.76. The zero-order chi connectivity index (χ0) is 10.2. The normalized spacial score (nSPS) is 14.2. The molecule has 0 amide bonds. The van der Waals surface area contributed by atoms with Gasteiger partial charge in [0.05, 0.1) is 5.56 Å². The van der Waals surface area contributed by atoms with Gasteiger partial charge in [-0.25, -0.2) is 0 Å². The lowest BCUT2D eigenvalue weighted by Crippen LogP contribution is -2.06. The first-order valence-electron chi connectivity index (χ1n) is 3.69. The summed E-state index contributed by atoms with van der Waals surface area (Å²) in [6, 6.07) is 3.00. The monoisotopic (exact) mass is 201 g/mol. The van der Waals surface area contributed by atoms with E-state index >= 15 is 0 Å². The van der Waals surface area contributed by atoms with E-state index in [0.29, 0.717) is 0 Å². The largest absolute Gasteiger partial charge is 0.457 e. The summed E-state index contributed by atoms with van der Waals surface area (Å²) in [6.45, 7) is 0. The minimum Gasteiger partial charge on any atom is -0.457 e. The molecule has 1 aromatic rings. The minimum atomic E-state index is -4.37. The Morgan fingerprint density at radius 3 is 2.64 bits per heavy atom. The molecule has 0 aliphatic carbocycles. The molecule has 1 radical (unpaired) electrons. The predicted molar refractivity (Wildman–Crippen MR) is 40.5 cm³/mol. The van der Waals surface area contributed by atoms with Gasteiger partial charge in [0.2, 0.25) is 6.26 Å². The van der Waals surface area contributed by atoms with Gasteiger partial charge in [-0.15, -0.1) is 0 Å². The third-order valence-electron chi connectivity index (χ3n) is 1.67. The van der Waals surface area contributed by atoms with Gasteiger partial charge in [0, 0.05) is 0 Å². The van der Waals surface area contributed by atoms with Crippen molar-refractivity contribution in [3.05, 3.63) is 36.3 Å². The highest BCUT2D eigenvalue weighted by Crippen LogP contribution is 2.37. The molecule has 73 valence electrons. The number of fused-ring (bicyclic) bond motifs is 1. The first-order chi connectivity index (χ1) is 6.57. The molecule has 0 fully saturated rings. The van der Waals surface area contributed by atoms with Crippen molar-refractivity contribution in [3.8, 4) is 11.5 Å². The average Bonchev–Trinajstić information content (AvgIpc) is 2.16. The molecule has 5 heteroatoms. The van der Waals surface area contributed by atoms with E-state index in [1.807, 2.05) is 0 Å². The van der Waals surface area contributed by atoms with Crippen LogP contribution in [0.25, 0.3) is 0 Å². The Labute approximate surface area is 77.6 Å². The molecule has 2 nitrogen and oxygen atoms in total. The highest BCUT2D eigenvalue weighted by molar-refractivity contribution is 5.45. The van der Waals surface area contributed by atoms with Crippen LogP contribution in [0.3, 0.4) is 0 Å². The fraction of sp³-hybridized carbons (Fsp3) is 0.111. The Morgan fingerprint density at radius 1 is 1.14 bits per heavy atom. The van der Waals surface area contributed by atoms with Crippen LogP contribution in [0, 0.1) is 6.26 Å². The highest BCUT2D eigenvalue weighted by atomic mass is 19.4. The van der Waals surface area contributed by atoms with E-state index in [9.17, 15) is 13.2 Å². The zero-order valence-electron chi connectivity index (χ0n) is 6.76. The molecule has 0 saturated heterocycles. The SMILES string of the molecule is FC(F)(F)c1ccc2c(c1)OC=[C]O2. The summed E-state index contributed by atoms with van der Waals surface area (Å²) in [5.41, 5.74) is -0.768. The maximum Gasteiger partial charge on any atom is 0.416 e. The standard InChI is InChI=1S/C9H4F3O2/c10-9(11,12)6-1-2-7-8(5-6)14-4-3-13-7/h1-2,4-5H. The lowest BCUT2D eigenvalue weighted by atomic mass is 10.2. The summed E-state index contributed by atoms with van der Waals surface area (Å²) < 4.78 is 46.3. The average molecular weight is 201 g/mol. The lowest BCUT2D eigenvalue weighted by molar-refractivity contribution is -0.137. The van der Waals surface area contributed by atoms with E-state index < -0.39 is 11.7 Å². The van der Waals surface area contributed by atoms with Gasteiger partial charge in [0.15, 0.2) is 11.5 Å². The molecule has 0 spiro atoms. The second kappa shape index (κ2) is 2.94. The summed E-state index contributed by atoms with van der Waals surface area (Å²) in [4.78, 5) is 0. The maximum atomic E-state index is 12.2. The fourth-order valence-electron chi connectivity index (χ4n) is 1.04. The van der Waals surface area contributed by atoms with E-state index in [0.717, 1.165) is 18.4 Å². The van der Waals surface area contributed by atoms with Crippen molar-refractivity contribution < 1.29 is 22.6 Å². The van der Waals surface area contributed by atoms with E-state index in [4.69, 9.17) is 9.47 Å². The van der Waals surface area contributed by atoms with Gasteiger partial charge in [-0.2, -0.15) is 13.2 Å². The maximum absolute atomic E-state index is 12.2. The van der Waals surface area contributed by atoms with Crippen molar-refractivity contribution in [1.29, 1.82) is 0 Å². The minimum absolute atomic E-state index is 0.0403. The first kappa shape index (κ1) is 8.93. The number of rotatable bonds is 0. The van der Waals surface area contributed by atoms with Crippen molar-refractivity contribution in [2.24, 2.45) is 0 Å². The third-order valence-corrected chi connectivity index (χ3v) is 1.67. The van der Waals surface area contributed by atoms with Crippen LogP contribution in [0.5, 0.6) is 11.5 Å². The number of ether oxygens (including phenoxy) is 2. The van der Waals surface area contributed by atoms with Crippen LogP contribution < -0.4 is 9.47 Å². The van der Waals surface area contributed by atoms with Gasteiger partial charge in [-0.3, -0.25) is 0 Å². The van der Waals surface area contributed by atoms with Gasteiger partial charge in [0.25, 0.3) is 0 Å². The van der Waals surface area contributed by atoms with Crippen LogP contribution >= 0.6 is 0 Å². The number of hydrogen-bond donors (Lipinski definition) is 0. The van der Waals surface area contributed by atoms with E-state index in [-0.39, 0.29) is 11.5 Å². The molecule has 0 N–H and O–H groups in total. The first-order valence-corrected chi connectivity index (χ1v) is 3.69. The van der Waals surface area contributed by atoms with Gasteiger partial charge in [-0.1, -0.05) is 0 Å². The summed E-state index contributed by atoms with van der Waals surface area (Å²) in [6.07, 6.45) is -1.04. The van der Waals surface area contributed by atoms with Crippen LogP contribution in [-0.2, 0) is 6.18 Å². The summed E-state index contributed by atoms with van der Waals surface area (Å²) in [7, 11) is 0. The molecule has 1 aliphatic rings. The van der Waals surface area contributed by atoms with Crippen LogP contribution in [0.1, 0.15) is 5.56 Å². The fourth-order valence-corrected chi connectivity index (χ4v) is 1.04. The molecule has 0 atom stereocenters. The smallest absolute Gasteiger partial charge is 0.416 e. The Morgan fingerprint density at radius 2 is 1.93 bits per heavy atom. The van der Waals surface area contributed by atoms with Crippen molar-refractivity contribution in [2.45, 2.75) is 6.18 Å². The van der Waals surface area contributed by atoms with E-state index in [2.05, 4.69) is 6.26 Å². The number of hydrogen-bond acceptors (Lipinski definition) is 2. The Kier molecular flexibility index (Phi) is 1.87. The van der Waals surface area contributed by atoms with Crippen LogP contribution in [0.15, 0.2) is 24.5 Å². The van der Waals surface area contributed by atoms with E-state index in [1.54, 1.807) is 0 Å². The predicted octanol–water partition coefficient (Wildman–Crippen LogP) is 2.75. The molecule has 0 bridgehead atoms. The molecule has 1 aromatic carbocycles. The molecular weight excluding hydrogens is 197 g/mol. The third kappa shape index (κ3) is 1.53. The summed E-state index contributed by atoms with van der Waals surface area (Å²) >= 11 is 0. The Hall–Kier alpha value is -1.65. The molecule has 1 aliphatic heterocycles. The van der Waals surface area contributed by atoms with Crippen LogP contribution in [-0.4, -0.2) is 0 Å². The van der Waals surface area contributed by atoms with Crippen molar-refractivity contribution in [2.75, 3.05) is 0 Å². The topological polar surface area (TPSA) is 18.5 Å². The second-order valence-corrected chi connectivity index (χ2v) is 2.61. The molecular formula is C9H4F3O2. The molecule has 14 heavy (non-hydrogen) atoms. The van der Waals surface area contributed by atoms with Crippen LogP contribution in [0.4, 0.5) is 13.2 Å². The number of benzene rings is 1. The molecule has 0 aromatic heterocycles. The molecule has 1 heterocycles. The van der Waals surface area contributed by atoms with Crippen molar-refractivity contribution in [1.82, 2.24) is 0 Å². The summed E-state index contributed by atoms with van der Waals surface area (Å²) in [5.74, 6) is 0.263. The number of alkyl halides is 3. The van der Waals surface area contributed by atoms with Crippen molar-refractivity contribution in [3.63, 3.8) is 0 Å². The van der Waals surface area contributed by atoms with Crippen LogP contribution in [0.2, 0.25) is 0 Å². The van der Waals surface area contributed by atoms with Gasteiger partial charge in [0.1, 0.15) is 6.26 Å². The van der Waals surface area contributed by atoms with Crippen molar-refractivity contribution >= 4 is 0 Å². The summed E-state index contributed by atoms with van der Waals surface area (Å²) in [5, 5.41) is 0. The Bertz CT molecular complexity index is 382.